The lowest BCUT2D eigenvalue weighted by molar-refractivity contribution is 0.0287. The summed E-state index contributed by atoms with van der Waals surface area (Å²) in [5, 5.41) is 23.9. The van der Waals surface area contributed by atoms with Crippen molar-refractivity contribution in [2.24, 2.45) is 14.1 Å². The monoisotopic (exact) mass is 764 g/mol. The molecule has 6 aromatic rings. The van der Waals surface area contributed by atoms with Gasteiger partial charge in [-0.1, -0.05) is 6.08 Å². The molecule has 18 heteroatoms. The van der Waals surface area contributed by atoms with Crippen molar-refractivity contribution in [3.63, 3.8) is 0 Å². The maximum absolute atomic E-state index is 12.4. The van der Waals surface area contributed by atoms with Crippen LogP contribution in [0.15, 0.2) is 67.8 Å². The second-order valence-electron chi connectivity index (χ2n) is 15.9. The lowest BCUT2D eigenvalue weighted by Crippen LogP contribution is -2.35. The third-order valence-electron chi connectivity index (χ3n) is 8.98. The molecule has 8 rings (SSSR count). The zero-order chi connectivity index (χ0) is 39.8. The number of aryl methyl sites for hydroxylation is 2. The van der Waals surface area contributed by atoms with Gasteiger partial charge in [-0.25, -0.2) is 28.6 Å². The number of nitrogens with zero attached hydrogens (tertiary/aromatic N) is 12. The first-order chi connectivity index (χ1) is 26.6. The van der Waals surface area contributed by atoms with Crippen LogP contribution in [0.2, 0.25) is 0 Å². The predicted octanol–water partition coefficient (Wildman–Crippen LogP) is 5.77. The first-order valence-electron chi connectivity index (χ1n) is 18.4. The zero-order valence-electron chi connectivity index (χ0n) is 33.0. The molecule has 1 atom stereocenters. The van der Waals surface area contributed by atoms with Gasteiger partial charge in [0.2, 0.25) is 0 Å². The van der Waals surface area contributed by atoms with Crippen LogP contribution in [0.4, 0.5) is 32.6 Å². The number of rotatable bonds is 6. The van der Waals surface area contributed by atoms with E-state index in [1.165, 1.54) is 12.7 Å². The Kier molecular flexibility index (Phi) is 10.1. The van der Waals surface area contributed by atoms with Crippen LogP contribution < -0.4 is 10.6 Å². The summed E-state index contributed by atoms with van der Waals surface area (Å²) in [6.07, 6.45) is 13.0. The molecule has 1 unspecified atom stereocenters. The maximum atomic E-state index is 12.4. The van der Waals surface area contributed by atoms with Gasteiger partial charge in [-0.05, 0) is 76.8 Å². The van der Waals surface area contributed by atoms with Gasteiger partial charge >= 0.3 is 12.2 Å². The van der Waals surface area contributed by atoms with E-state index < -0.39 is 11.2 Å². The molecule has 2 amide bonds. The minimum Gasteiger partial charge on any atom is -0.444 e. The van der Waals surface area contributed by atoms with Crippen LogP contribution in [-0.2, 0) is 23.6 Å². The normalized spacial score (nSPS) is 15.9. The first kappa shape index (κ1) is 37.8. The molecule has 2 aliphatic heterocycles. The van der Waals surface area contributed by atoms with Crippen molar-refractivity contribution in [2.45, 2.75) is 65.1 Å². The van der Waals surface area contributed by atoms with Crippen molar-refractivity contribution in [2.75, 3.05) is 36.8 Å². The van der Waals surface area contributed by atoms with Gasteiger partial charge in [0.15, 0.2) is 22.9 Å². The van der Waals surface area contributed by atoms with Crippen LogP contribution >= 0.6 is 0 Å². The summed E-state index contributed by atoms with van der Waals surface area (Å²) in [6.45, 7) is 13.5. The second-order valence-corrected chi connectivity index (χ2v) is 15.9. The number of amides is 2. The largest absolute Gasteiger partial charge is 0.444 e. The number of ether oxygens (including phenoxy) is 2. The number of carbonyl (C=O) groups is 2. The van der Waals surface area contributed by atoms with Gasteiger partial charge in [0.1, 0.15) is 23.9 Å². The number of hydrogen-bond acceptors (Lipinski definition) is 12. The molecule has 2 N–H and O–H groups in total. The smallest absolute Gasteiger partial charge is 0.410 e. The quantitative estimate of drug-likeness (QED) is 0.210. The Morgan fingerprint density at radius 1 is 0.768 bits per heavy atom. The van der Waals surface area contributed by atoms with E-state index in [1.807, 2.05) is 105 Å². The Morgan fingerprint density at radius 2 is 1.32 bits per heavy atom. The summed E-state index contributed by atoms with van der Waals surface area (Å²) >= 11 is 0. The molecule has 0 saturated carbocycles. The minimum absolute atomic E-state index is 0.213. The summed E-state index contributed by atoms with van der Waals surface area (Å²) in [7, 11) is 3.74. The summed E-state index contributed by atoms with van der Waals surface area (Å²) < 4.78 is 17.9. The molecule has 2 aliphatic rings. The van der Waals surface area contributed by atoms with Gasteiger partial charge in [0.25, 0.3) is 0 Å². The average Bonchev–Trinajstić information content (AvgIpc) is 3.96. The number of pyridine rings is 2. The van der Waals surface area contributed by atoms with Gasteiger partial charge in [0.05, 0.1) is 11.4 Å². The van der Waals surface area contributed by atoms with Gasteiger partial charge in [-0.3, -0.25) is 9.36 Å². The van der Waals surface area contributed by atoms with Gasteiger partial charge in [-0.2, -0.15) is 20.4 Å². The number of likely N-dealkylation sites (tertiary alicyclic amines) is 1. The Labute approximate surface area is 324 Å². The topological polar surface area (TPSA) is 179 Å². The Bertz CT molecular complexity index is 2370. The second kappa shape index (κ2) is 15.0. The molecule has 18 nitrogen and oxygen atoms in total. The van der Waals surface area contributed by atoms with Gasteiger partial charge < -0.3 is 29.9 Å². The summed E-state index contributed by atoms with van der Waals surface area (Å²) in [4.78, 5) is 36.8. The lowest BCUT2D eigenvalue weighted by Gasteiger charge is -2.24. The van der Waals surface area contributed by atoms with Crippen molar-refractivity contribution in [3.8, 4) is 0 Å². The Hall–Kier alpha value is -6.46. The molecule has 0 bridgehead atoms. The van der Waals surface area contributed by atoms with E-state index in [-0.39, 0.29) is 18.1 Å². The van der Waals surface area contributed by atoms with Crippen LogP contribution in [0.5, 0.6) is 0 Å². The molecular formula is C38H48N14O4. The molecule has 0 spiro atoms. The van der Waals surface area contributed by atoms with Crippen LogP contribution in [0.3, 0.4) is 0 Å². The van der Waals surface area contributed by atoms with Crippen molar-refractivity contribution in [1.82, 2.24) is 58.6 Å². The number of carbonyl (C=O) groups excluding carboxylic acids is 2. The highest BCUT2D eigenvalue weighted by Crippen LogP contribution is 2.32. The molecular weight excluding hydrogens is 717 g/mol. The van der Waals surface area contributed by atoms with E-state index >= 15 is 0 Å². The zero-order valence-corrected chi connectivity index (χ0v) is 33.0. The average molecular weight is 765 g/mol. The van der Waals surface area contributed by atoms with Crippen molar-refractivity contribution >= 4 is 52.1 Å². The molecule has 0 aliphatic carbocycles. The summed E-state index contributed by atoms with van der Waals surface area (Å²) in [6, 6.07) is 7.86. The van der Waals surface area contributed by atoms with Gasteiger partial charge in [0, 0.05) is 83.1 Å². The number of aromatic nitrogens is 10. The number of anilines is 4. The summed E-state index contributed by atoms with van der Waals surface area (Å²) in [5.74, 6) is 1.68. The fourth-order valence-corrected chi connectivity index (χ4v) is 6.45. The third-order valence-corrected chi connectivity index (χ3v) is 8.98. The molecule has 6 aromatic heterocycles. The molecule has 294 valence electrons. The molecule has 56 heavy (non-hydrogen) atoms. The molecule has 1 saturated heterocycles. The highest BCUT2D eigenvalue weighted by molar-refractivity contribution is 5.82. The van der Waals surface area contributed by atoms with Gasteiger partial charge in [-0.15, -0.1) is 0 Å². The molecule has 1 fully saturated rings. The lowest BCUT2D eigenvalue weighted by atomic mass is 10.00. The van der Waals surface area contributed by atoms with Crippen LogP contribution in [0.25, 0.3) is 16.9 Å². The first-order valence-corrected chi connectivity index (χ1v) is 18.4. The van der Waals surface area contributed by atoms with E-state index in [2.05, 4.69) is 47.1 Å². The van der Waals surface area contributed by atoms with Crippen LogP contribution in [0, 0.1) is 0 Å². The standard InChI is InChI=1S/C19H25N7O2.C19H23N7O2/c2*1-19(2,3)28-18(27)25-8-5-13(10-25)14-9-15(17-20-12-21-26(17)11-14)22-16-6-7-24(4)23-16/h6-7,9,11-13H,5,8,10H2,1-4H3,(H,22,23);5-7,9,11-12H,8,10H2,1-4H3,(H,22,23). The number of fused-ring (bicyclic) bond motifs is 2. The Balaban J connectivity index is 0.000000172. The van der Waals surface area contributed by atoms with E-state index in [1.54, 1.807) is 28.2 Å². The number of hydrogen-bond donors (Lipinski definition) is 2. The maximum Gasteiger partial charge on any atom is 0.410 e. The SMILES string of the molecule is Cn1ccc(Nc2cc(C3=CCN(C(=O)OC(C)(C)C)C3)cn3ncnc23)n1.Cn1ccc(Nc2cc(C3CCN(C(=O)OC(C)(C)C)C3)cn3ncnc23)n1. The third kappa shape index (κ3) is 8.90. The highest BCUT2D eigenvalue weighted by atomic mass is 16.6. The van der Waals surface area contributed by atoms with Crippen molar-refractivity contribution in [1.29, 1.82) is 0 Å². The van der Waals surface area contributed by atoms with Crippen molar-refractivity contribution in [3.05, 3.63) is 78.9 Å². The van der Waals surface area contributed by atoms with E-state index in [9.17, 15) is 9.59 Å². The molecule has 8 heterocycles. The molecule has 0 aromatic carbocycles. The van der Waals surface area contributed by atoms with E-state index in [0.29, 0.717) is 31.8 Å². The summed E-state index contributed by atoms with van der Waals surface area (Å²) in [5.41, 5.74) is 5.16. The number of nitrogens with one attached hydrogen (secondary N) is 2. The van der Waals surface area contributed by atoms with E-state index in [4.69, 9.17) is 9.47 Å². The van der Waals surface area contributed by atoms with Crippen LogP contribution in [-0.4, -0.2) is 108 Å². The molecule has 0 radical (unpaired) electrons. The van der Waals surface area contributed by atoms with Crippen molar-refractivity contribution < 1.29 is 19.1 Å². The Morgan fingerprint density at radius 3 is 1.88 bits per heavy atom. The fourth-order valence-electron chi connectivity index (χ4n) is 6.45. The highest BCUT2D eigenvalue weighted by Gasteiger charge is 2.31. The predicted molar refractivity (Wildman–Crippen MR) is 210 cm³/mol. The van der Waals surface area contributed by atoms with Crippen LogP contribution in [0.1, 0.15) is 65.0 Å². The van der Waals surface area contributed by atoms with E-state index in [0.717, 1.165) is 51.8 Å². The minimum atomic E-state index is -0.515. The fraction of sp³-hybridized carbons (Fsp3) is 0.421.